The van der Waals surface area contributed by atoms with E-state index in [4.69, 9.17) is 10.5 Å². The van der Waals surface area contributed by atoms with Crippen LogP contribution in [0.2, 0.25) is 0 Å². The summed E-state index contributed by atoms with van der Waals surface area (Å²) in [6.45, 7) is 0.419. The zero-order chi connectivity index (χ0) is 37.7. The van der Waals surface area contributed by atoms with Crippen molar-refractivity contribution in [3.05, 3.63) is 197 Å². The number of anilines is 2. The molecule has 0 aliphatic carbocycles. The number of benzene rings is 6. The summed E-state index contributed by atoms with van der Waals surface area (Å²) in [5, 5.41) is 7.96. The van der Waals surface area contributed by atoms with Crippen LogP contribution >= 0.6 is 11.8 Å². The quantitative estimate of drug-likeness (QED) is 0.0657. The third kappa shape index (κ3) is 10.3. The smallest absolute Gasteiger partial charge is 0.272 e. The molecule has 0 radical (unpaired) electrons. The van der Waals surface area contributed by atoms with Crippen LogP contribution in [0.3, 0.4) is 0 Å². The summed E-state index contributed by atoms with van der Waals surface area (Å²) in [6.07, 6.45) is 1.60. The number of nitrogens with two attached hydrogens (primary N) is 1. The molecule has 268 valence electrons. The molecule has 0 fully saturated rings. The van der Waals surface area contributed by atoms with Crippen LogP contribution in [0.1, 0.15) is 42.7 Å². The molecule has 0 heterocycles. The van der Waals surface area contributed by atoms with Gasteiger partial charge in [-0.05, 0) is 95.6 Å². The van der Waals surface area contributed by atoms with Crippen LogP contribution in [0.15, 0.2) is 174 Å². The average molecular weight is 733 g/mol. The molecule has 4 amide bonds. The first kappa shape index (κ1) is 36.9. The Morgan fingerprint density at radius 2 is 1.20 bits per heavy atom. The van der Waals surface area contributed by atoms with Crippen LogP contribution in [0, 0.1) is 0 Å². The van der Waals surface area contributed by atoms with Crippen LogP contribution in [0.5, 0.6) is 5.75 Å². The highest BCUT2D eigenvalue weighted by molar-refractivity contribution is 8.00. The number of amides is 4. The molecule has 6 rings (SSSR count). The molecule has 0 aliphatic heterocycles. The molecule has 0 aromatic heterocycles. The fraction of sp³-hybridized carbons (Fsp3) is 0.0455. The number of thioether (sulfide) groups is 1. The lowest BCUT2D eigenvalue weighted by Gasteiger charge is -2.18. The lowest BCUT2D eigenvalue weighted by Crippen LogP contribution is -2.30. The molecule has 10 heteroatoms. The third-order valence-corrected chi connectivity index (χ3v) is 9.38. The van der Waals surface area contributed by atoms with Crippen molar-refractivity contribution < 1.29 is 23.9 Å². The number of rotatable bonds is 14. The number of carbonyl (C=O) groups excluding carboxylic acids is 4. The van der Waals surface area contributed by atoms with Gasteiger partial charge in [0.15, 0.2) is 0 Å². The minimum Gasteiger partial charge on any atom is -0.489 e. The maximum Gasteiger partial charge on any atom is 0.272 e. The molecule has 1 unspecified atom stereocenters. The molecule has 0 aliphatic rings. The van der Waals surface area contributed by atoms with E-state index in [9.17, 15) is 19.2 Å². The number of hydrogen-bond acceptors (Lipinski definition) is 6. The second-order valence-electron chi connectivity index (χ2n) is 12.0. The number of primary amides is 1. The largest absolute Gasteiger partial charge is 0.489 e. The van der Waals surface area contributed by atoms with Crippen LogP contribution in [-0.2, 0) is 16.2 Å². The highest BCUT2D eigenvalue weighted by Crippen LogP contribution is 2.37. The van der Waals surface area contributed by atoms with E-state index in [-0.39, 0.29) is 11.6 Å². The Labute approximate surface area is 317 Å². The lowest BCUT2D eigenvalue weighted by atomic mass is 10.1. The molecule has 0 saturated heterocycles. The highest BCUT2D eigenvalue weighted by Gasteiger charge is 2.23. The van der Waals surface area contributed by atoms with Gasteiger partial charge < -0.3 is 26.4 Å². The standard InChI is InChI=1S/C44H36N4O5S/c45-41(49)33-18-20-35(21-19-33)47-44(52)40(32-12-6-2-7-13-32)54-38-26-22-36(23-27-38)46-43(51)39(48-42(50)34-14-8-3-9-15-34)28-30-16-24-37(25-17-30)53-29-31-10-4-1-5-11-31/h1-28,40H,29H2,(H2,45,49)(H,46,51)(H,47,52)(H,48,50)/b39-28-. The van der Waals surface area contributed by atoms with Crippen molar-refractivity contribution in [2.75, 3.05) is 10.6 Å². The summed E-state index contributed by atoms with van der Waals surface area (Å²) >= 11 is 1.34. The summed E-state index contributed by atoms with van der Waals surface area (Å²) < 4.78 is 5.90. The predicted molar refractivity (Wildman–Crippen MR) is 213 cm³/mol. The first-order valence-electron chi connectivity index (χ1n) is 17.0. The van der Waals surface area contributed by atoms with Gasteiger partial charge in [-0.25, -0.2) is 0 Å². The molecular weight excluding hydrogens is 697 g/mol. The van der Waals surface area contributed by atoms with E-state index in [0.717, 1.165) is 16.0 Å². The maximum absolute atomic E-state index is 13.7. The predicted octanol–water partition coefficient (Wildman–Crippen LogP) is 8.25. The Balaban J connectivity index is 1.16. The monoisotopic (exact) mass is 732 g/mol. The highest BCUT2D eigenvalue weighted by atomic mass is 32.2. The summed E-state index contributed by atoms with van der Waals surface area (Å²) in [4.78, 5) is 52.6. The van der Waals surface area contributed by atoms with Crippen molar-refractivity contribution in [2.45, 2.75) is 16.8 Å². The van der Waals surface area contributed by atoms with Crippen LogP contribution in [0.25, 0.3) is 6.08 Å². The topological polar surface area (TPSA) is 140 Å². The van der Waals surface area contributed by atoms with Crippen molar-refractivity contribution in [3.63, 3.8) is 0 Å². The van der Waals surface area contributed by atoms with E-state index in [1.165, 1.54) is 11.8 Å². The summed E-state index contributed by atoms with van der Waals surface area (Å²) in [6, 6.07) is 48.6. The van der Waals surface area contributed by atoms with E-state index in [1.807, 2.05) is 103 Å². The van der Waals surface area contributed by atoms with Crippen molar-refractivity contribution in [3.8, 4) is 5.75 Å². The molecule has 0 spiro atoms. The van der Waals surface area contributed by atoms with Gasteiger partial charge in [-0.1, -0.05) is 91.0 Å². The Bertz CT molecular complexity index is 2230. The number of ether oxygens (including phenoxy) is 1. The van der Waals surface area contributed by atoms with E-state index in [0.29, 0.717) is 40.4 Å². The van der Waals surface area contributed by atoms with Crippen LogP contribution < -0.4 is 26.4 Å². The van der Waals surface area contributed by atoms with E-state index >= 15 is 0 Å². The first-order valence-corrected chi connectivity index (χ1v) is 17.9. The van der Waals surface area contributed by atoms with Gasteiger partial charge in [-0.3, -0.25) is 19.2 Å². The van der Waals surface area contributed by atoms with Crippen molar-refractivity contribution in [2.24, 2.45) is 5.73 Å². The molecule has 6 aromatic carbocycles. The van der Waals surface area contributed by atoms with Gasteiger partial charge in [-0.2, -0.15) is 0 Å². The second-order valence-corrected chi connectivity index (χ2v) is 13.2. The maximum atomic E-state index is 13.7. The van der Waals surface area contributed by atoms with Gasteiger partial charge in [0.1, 0.15) is 23.3 Å². The fourth-order valence-electron chi connectivity index (χ4n) is 5.29. The molecule has 9 nitrogen and oxygen atoms in total. The Hall–Kier alpha value is -6.91. The van der Waals surface area contributed by atoms with Crippen LogP contribution in [-0.4, -0.2) is 23.6 Å². The first-order chi connectivity index (χ1) is 26.3. The minimum atomic E-state index is -0.611. The van der Waals surface area contributed by atoms with Gasteiger partial charge in [0.2, 0.25) is 11.8 Å². The molecule has 54 heavy (non-hydrogen) atoms. The Morgan fingerprint density at radius 1 is 0.630 bits per heavy atom. The number of nitrogens with one attached hydrogen (secondary N) is 3. The SMILES string of the molecule is NC(=O)c1ccc(NC(=O)C(Sc2ccc(NC(=O)/C(=C/c3ccc(OCc4ccccc4)cc3)NC(=O)c3ccccc3)cc2)c2ccccc2)cc1. The molecule has 1 atom stereocenters. The van der Waals surface area contributed by atoms with Gasteiger partial charge in [0.25, 0.3) is 11.8 Å². The zero-order valence-electron chi connectivity index (χ0n) is 29.0. The van der Waals surface area contributed by atoms with Crippen molar-refractivity contribution in [1.82, 2.24) is 5.32 Å². The zero-order valence-corrected chi connectivity index (χ0v) is 29.8. The van der Waals surface area contributed by atoms with E-state index < -0.39 is 23.0 Å². The normalized spacial score (nSPS) is 11.5. The second kappa shape index (κ2) is 18.0. The van der Waals surface area contributed by atoms with Gasteiger partial charge in [0, 0.05) is 27.4 Å². The molecule has 0 saturated carbocycles. The fourth-order valence-corrected chi connectivity index (χ4v) is 6.31. The van der Waals surface area contributed by atoms with E-state index in [1.54, 1.807) is 66.7 Å². The lowest BCUT2D eigenvalue weighted by molar-refractivity contribution is -0.116. The van der Waals surface area contributed by atoms with Gasteiger partial charge in [0.05, 0.1) is 0 Å². The number of carbonyl (C=O) groups is 4. The molecule has 5 N–H and O–H groups in total. The van der Waals surface area contributed by atoms with Gasteiger partial charge >= 0.3 is 0 Å². The Kier molecular flexibility index (Phi) is 12.3. The summed E-state index contributed by atoms with van der Waals surface area (Å²) in [5.74, 6) is -1.09. The molecule has 0 bridgehead atoms. The third-order valence-electron chi connectivity index (χ3n) is 8.11. The Morgan fingerprint density at radius 3 is 1.83 bits per heavy atom. The summed E-state index contributed by atoms with van der Waals surface area (Å²) in [7, 11) is 0. The number of hydrogen-bond donors (Lipinski definition) is 4. The molecular formula is C44H36N4O5S. The van der Waals surface area contributed by atoms with Crippen molar-refractivity contribution >= 4 is 52.8 Å². The van der Waals surface area contributed by atoms with Gasteiger partial charge in [-0.15, -0.1) is 11.8 Å². The summed E-state index contributed by atoms with van der Waals surface area (Å²) in [5.41, 5.74) is 9.68. The van der Waals surface area contributed by atoms with Crippen molar-refractivity contribution in [1.29, 1.82) is 0 Å². The van der Waals surface area contributed by atoms with E-state index in [2.05, 4.69) is 16.0 Å². The minimum absolute atomic E-state index is 0.0462. The molecule has 6 aromatic rings. The average Bonchev–Trinajstić information content (AvgIpc) is 3.21. The van der Waals surface area contributed by atoms with Crippen LogP contribution in [0.4, 0.5) is 11.4 Å².